The lowest BCUT2D eigenvalue weighted by Crippen LogP contribution is -2.50. The predicted molar refractivity (Wildman–Crippen MR) is 137 cm³/mol. The van der Waals surface area contributed by atoms with Gasteiger partial charge in [0.15, 0.2) is 9.84 Å². The van der Waals surface area contributed by atoms with Gasteiger partial charge in [-0.1, -0.05) is 29.8 Å². The molecule has 0 saturated carbocycles. The number of piperazine rings is 1. The minimum Gasteiger partial charge on any atom is -0.352 e. The molecule has 198 valence electrons. The molecule has 2 aromatic carbocycles. The summed E-state index contributed by atoms with van der Waals surface area (Å²) in [5, 5.41) is 12.7. The maximum atomic E-state index is 13.0. The van der Waals surface area contributed by atoms with Gasteiger partial charge < -0.3 is 15.1 Å². The van der Waals surface area contributed by atoms with E-state index in [0.717, 1.165) is 18.4 Å². The van der Waals surface area contributed by atoms with Crippen LogP contribution in [0.4, 0.5) is 29.5 Å². The van der Waals surface area contributed by atoms with Gasteiger partial charge in [0.2, 0.25) is 0 Å². The zero-order valence-electron chi connectivity index (χ0n) is 20.0. The van der Waals surface area contributed by atoms with Crippen LogP contribution in [0.15, 0.2) is 59.5 Å². The summed E-state index contributed by atoms with van der Waals surface area (Å²) in [6.07, 6.45) is -3.50. The molecular formula is C25H21ClF3N5O3S. The fraction of sp³-hybridized carbons (Fsp3) is 0.240. The highest BCUT2D eigenvalue weighted by atomic mass is 35.5. The van der Waals surface area contributed by atoms with Crippen LogP contribution >= 0.6 is 11.6 Å². The average molecular weight is 564 g/mol. The van der Waals surface area contributed by atoms with Crippen molar-refractivity contribution < 1.29 is 26.4 Å². The van der Waals surface area contributed by atoms with Crippen molar-refractivity contribution in [3.8, 4) is 17.3 Å². The van der Waals surface area contributed by atoms with E-state index in [1.54, 1.807) is 29.2 Å². The minimum absolute atomic E-state index is 0.0182. The summed E-state index contributed by atoms with van der Waals surface area (Å²) < 4.78 is 63.9. The number of rotatable bonds is 4. The van der Waals surface area contributed by atoms with Gasteiger partial charge in [0.05, 0.1) is 21.7 Å². The molecule has 2 amide bonds. The molecule has 0 atom stereocenters. The maximum Gasteiger partial charge on any atom is 0.416 e. The highest BCUT2D eigenvalue weighted by Crippen LogP contribution is 2.33. The van der Waals surface area contributed by atoms with Crippen LogP contribution in [0.5, 0.6) is 0 Å². The van der Waals surface area contributed by atoms with Crippen molar-refractivity contribution in [1.82, 2.24) is 9.88 Å². The highest BCUT2D eigenvalue weighted by molar-refractivity contribution is 7.90. The third kappa shape index (κ3) is 6.00. The van der Waals surface area contributed by atoms with Gasteiger partial charge in [0.1, 0.15) is 11.9 Å². The molecule has 1 aromatic heterocycles. The number of aromatic nitrogens is 1. The lowest BCUT2D eigenvalue weighted by Gasteiger charge is -2.36. The zero-order valence-corrected chi connectivity index (χ0v) is 21.5. The summed E-state index contributed by atoms with van der Waals surface area (Å²) in [5.74, 6) is 0.266. The van der Waals surface area contributed by atoms with Crippen molar-refractivity contribution >= 4 is 39.0 Å². The van der Waals surface area contributed by atoms with Crippen molar-refractivity contribution in [3.05, 3.63) is 70.7 Å². The van der Waals surface area contributed by atoms with Crippen LogP contribution in [0.3, 0.4) is 0 Å². The predicted octanol–water partition coefficient (Wildman–Crippen LogP) is 5.05. The van der Waals surface area contributed by atoms with E-state index in [4.69, 9.17) is 11.6 Å². The van der Waals surface area contributed by atoms with Gasteiger partial charge in [0.25, 0.3) is 0 Å². The average Bonchev–Trinajstić information content (AvgIpc) is 2.87. The van der Waals surface area contributed by atoms with E-state index in [0.29, 0.717) is 10.6 Å². The van der Waals surface area contributed by atoms with E-state index < -0.39 is 27.6 Å². The Morgan fingerprint density at radius 1 is 1.08 bits per heavy atom. The summed E-state index contributed by atoms with van der Waals surface area (Å²) in [4.78, 5) is 20.3. The van der Waals surface area contributed by atoms with Crippen molar-refractivity contribution in [3.63, 3.8) is 0 Å². The van der Waals surface area contributed by atoms with Gasteiger partial charge in [-0.25, -0.2) is 18.2 Å². The first-order valence-corrected chi connectivity index (χ1v) is 13.5. The number of amides is 2. The lowest BCUT2D eigenvalue weighted by atomic mass is 10.1. The molecule has 0 aliphatic carbocycles. The number of benzene rings is 2. The van der Waals surface area contributed by atoms with Gasteiger partial charge in [-0.15, -0.1) is 0 Å². The molecular weight excluding hydrogens is 543 g/mol. The molecule has 2 heterocycles. The minimum atomic E-state index is -4.53. The third-order valence-electron chi connectivity index (χ3n) is 5.91. The number of halogens is 4. The molecule has 38 heavy (non-hydrogen) atoms. The standard InChI is InChI=1S/C25H21ClF3N5O3S/c1-38(36,37)21-13-17(15-30)23(32-22(21)16-5-7-19(26)8-6-16)33-9-11-34(12-10-33)24(35)31-20-4-2-3-18(14-20)25(27,28)29/h2-8,13-14H,9-12H2,1H3,(H,31,35). The Balaban J connectivity index is 1.55. The van der Waals surface area contributed by atoms with Gasteiger partial charge in [-0.3, -0.25) is 0 Å². The maximum absolute atomic E-state index is 13.0. The van der Waals surface area contributed by atoms with Crippen molar-refractivity contribution in [2.75, 3.05) is 42.7 Å². The number of urea groups is 1. The first-order chi connectivity index (χ1) is 17.9. The number of nitrogens with one attached hydrogen (secondary N) is 1. The van der Waals surface area contributed by atoms with E-state index in [9.17, 15) is 31.6 Å². The van der Waals surface area contributed by atoms with Crippen LogP contribution in [0.25, 0.3) is 11.3 Å². The Kier molecular flexibility index (Phi) is 7.53. The molecule has 3 aromatic rings. The molecule has 1 N–H and O–H groups in total. The fourth-order valence-corrected chi connectivity index (χ4v) is 4.98. The van der Waals surface area contributed by atoms with Gasteiger partial charge in [-0.05, 0) is 36.4 Å². The van der Waals surface area contributed by atoms with Crippen LogP contribution in [-0.4, -0.2) is 56.8 Å². The highest BCUT2D eigenvalue weighted by Gasteiger charge is 2.31. The molecule has 0 radical (unpaired) electrons. The van der Waals surface area contributed by atoms with Crippen molar-refractivity contribution in [2.45, 2.75) is 11.1 Å². The summed E-state index contributed by atoms with van der Waals surface area (Å²) in [6.45, 7) is 0.912. The number of hydrogen-bond acceptors (Lipinski definition) is 6. The Labute approximate surface area is 222 Å². The number of nitriles is 1. The smallest absolute Gasteiger partial charge is 0.352 e. The monoisotopic (exact) mass is 563 g/mol. The second-order valence-corrected chi connectivity index (χ2v) is 11.0. The molecule has 1 saturated heterocycles. The number of nitrogens with zero attached hydrogens (tertiary/aromatic N) is 4. The zero-order chi connectivity index (χ0) is 27.7. The van der Waals surface area contributed by atoms with Crippen LogP contribution in [0.1, 0.15) is 11.1 Å². The van der Waals surface area contributed by atoms with E-state index in [1.807, 2.05) is 6.07 Å². The molecule has 4 rings (SSSR count). The topological polar surface area (TPSA) is 106 Å². The summed E-state index contributed by atoms with van der Waals surface area (Å²) >= 11 is 5.97. The number of pyridine rings is 1. The molecule has 1 fully saturated rings. The first kappa shape index (κ1) is 27.2. The molecule has 0 spiro atoms. The normalized spacial score (nSPS) is 14.2. The third-order valence-corrected chi connectivity index (χ3v) is 7.27. The lowest BCUT2D eigenvalue weighted by molar-refractivity contribution is -0.137. The molecule has 0 bridgehead atoms. The Hall–Kier alpha value is -3.82. The van der Waals surface area contributed by atoms with Gasteiger partial charge in [-0.2, -0.15) is 18.4 Å². The Morgan fingerprint density at radius 2 is 1.74 bits per heavy atom. The quantitative estimate of drug-likeness (QED) is 0.476. The van der Waals surface area contributed by atoms with Gasteiger partial charge in [0, 0.05) is 48.7 Å². The molecule has 1 aliphatic rings. The number of carbonyl (C=O) groups is 1. The van der Waals surface area contributed by atoms with E-state index in [1.165, 1.54) is 23.1 Å². The van der Waals surface area contributed by atoms with Gasteiger partial charge >= 0.3 is 12.2 Å². The second-order valence-electron chi connectivity index (χ2n) is 8.58. The molecule has 13 heteroatoms. The van der Waals surface area contributed by atoms with Crippen LogP contribution < -0.4 is 10.2 Å². The SMILES string of the molecule is CS(=O)(=O)c1cc(C#N)c(N2CCN(C(=O)Nc3cccc(C(F)(F)F)c3)CC2)nc1-c1ccc(Cl)cc1. The van der Waals surface area contributed by atoms with Crippen LogP contribution in [-0.2, 0) is 16.0 Å². The molecule has 1 aliphatic heterocycles. The van der Waals surface area contributed by atoms with Crippen LogP contribution in [0, 0.1) is 11.3 Å². The number of sulfone groups is 1. The van der Waals surface area contributed by atoms with E-state index in [2.05, 4.69) is 10.3 Å². The summed E-state index contributed by atoms with van der Waals surface area (Å²) in [7, 11) is -3.73. The second kappa shape index (κ2) is 10.5. The van der Waals surface area contributed by atoms with E-state index in [-0.39, 0.29) is 53.8 Å². The van der Waals surface area contributed by atoms with Crippen molar-refractivity contribution in [1.29, 1.82) is 5.26 Å². The van der Waals surface area contributed by atoms with E-state index >= 15 is 0 Å². The number of anilines is 2. The van der Waals surface area contributed by atoms with Crippen LogP contribution in [0.2, 0.25) is 5.02 Å². The summed E-state index contributed by atoms with van der Waals surface area (Å²) in [5.41, 5.74) is -0.124. The first-order valence-electron chi connectivity index (χ1n) is 11.3. The summed E-state index contributed by atoms with van der Waals surface area (Å²) in [6, 6.07) is 13.5. The van der Waals surface area contributed by atoms with Crippen molar-refractivity contribution in [2.24, 2.45) is 0 Å². The fourth-order valence-electron chi connectivity index (χ4n) is 4.00. The Morgan fingerprint density at radius 3 is 2.32 bits per heavy atom. The number of alkyl halides is 3. The molecule has 0 unspecified atom stereocenters. The molecule has 8 nitrogen and oxygen atoms in total. The largest absolute Gasteiger partial charge is 0.416 e. The number of carbonyl (C=O) groups excluding carboxylic acids is 1. The Bertz CT molecular complexity index is 1510. The number of hydrogen-bond donors (Lipinski definition) is 1.